The first-order valence-corrected chi connectivity index (χ1v) is 7.64. The summed E-state index contributed by atoms with van der Waals surface area (Å²) in [6.07, 6.45) is 6.84. The summed E-state index contributed by atoms with van der Waals surface area (Å²) in [5.41, 5.74) is 0. The van der Waals surface area contributed by atoms with Crippen LogP contribution in [0.5, 0.6) is 0 Å². The van der Waals surface area contributed by atoms with E-state index < -0.39 is 0 Å². The lowest BCUT2D eigenvalue weighted by molar-refractivity contribution is 0.226. The number of nitrogens with one attached hydrogen (secondary N) is 1. The van der Waals surface area contributed by atoms with Crippen molar-refractivity contribution in [1.82, 2.24) is 10.2 Å². The van der Waals surface area contributed by atoms with Crippen LogP contribution >= 0.6 is 0 Å². The summed E-state index contributed by atoms with van der Waals surface area (Å²) < 4.78 is 0. The van der Waals surface area contributed by atoms with Gasteiger partial charge in [-0.2, -0.15) is 0 Å². The molecule has 1 unspecified atom stereocenters. The van der Waals surface area contributed by atoms with Crippen LogP contribution in [0.4, 0.5) is 0 Å². The highest BCUT2D eigenvalue weighted by Crippen LogP contribution is 2.27. The van der Waals surface area contributed by atoms with Gasteiger partial charge < -0.3 is 10.2 Å². The molecule has 17 heavy (non-hydrogen) atoms. The molecule has 1 atom stereocenters. The fourth-order valence-electron chi connectivity index (χ4n) is 2.61. The van der Waals surface area contributed by atoms with Gasteiger partial charge in [0, 0.05) is 18.6 Å². The molecule has 2 heteroatoms. The van der Waals surface area contributed by atoms with E-state index in [0.29, 0.717) is 0 Å². The molecule has 1 aliphatic carbocycles. The fraction of sp³-hybridized carbons (Fsp3) is 1.00. The lowest BCUT2D eigenvalue weighted by atomic mass is 10.1. The Labute approximate surface area is 108 Å². The van der Waals surface area contributed by atoms with Crippen LogP contribution in [0.1, 0.15) is 59.8 Å². The molecular formula is C15H32N2. The molecule has 0 aromatic heterocycles. The molecule has 0 aromatic rings. The molecule has 1 fully saturated rings. The average molecular weight is 240 g/mol. The zero-order valence-corrected chi connectivity index (χ0v) is 12.3. The Morgan fingerprint density at radius 2 is 1.94 bits per heavy atom. The maximum atomic E-state index is 3.57. The predicted octanol–water partition coefficient (Wildman–Crippen LogP) is 3.28. The van der Waals surface area contributed by atoms with Crippen LogP contribution in [0.25, 0.3) is 0 Å². The molecule has 1 rings (SSSR count). The van der Waals surface area contributed by atoms with Crippen LogP contribution in [-0.4, -0.2) is 36.6 Å². The Morgan fingerprint density at radius 1 is 1.24 bits per heavy atom. The van der Waals surface area contributed by atoms with Crippen LogP contribution < -0.4 is 5.32 Å². The van der Waals surface area contributed by atoms with E-state index in [4.69, 9.17) is 0 Å². The monoisotopic (exact) mass is 240 g/mol. The first kappa shape index (κ1) is 15.0. The van der Waals surface area contributed by atoms with Crippen molar-refractivity contribution in [2.45, 2.75) is 71.9 Å². The third-order valence-electron chi connectivity index (χ3n) is 3.65. The van der Waals surface area contributed by atoms with Crippen molar-refractivity contribution < 1.29 is 0 Å². The lowest BCUT2D eigenvalue weighted by Crippen LogP contribution is -2.33. The van der Waals surface area contributed by atoms with E-state index in [1.807, 2.05) is 0 Å². The summed E-state index contributed by atoms with van der Waals surface area (Å²) in [5.74, 6) is 0.811. The van der Waals surface area contributed by atoms with Gasteiger partial charge in [-0.25, -0.2) is 0 Å². The van der Waals surface area contributed by atoms with Gasteiger partial charge in [0.2, 0.25) is 0 Å². The Hall–Kier alpha value is -0.0800. The minimum absolute atomic E-state index is 0.736. The largest absolute Gasteiger partial charge is 0.314 e. The number of hydrogen-bond acceptors (Lipinski definition) is 2. The maximum absolute atomic E-state index is 3.57. The standard InChI is InChI=1S/C15H32N2/c1-5-14(16-6-2)8-7-11-17(12-13(3)4)15-9-10-15/h13-16H,5-12H2,1-4H3. The van der Waals surface area contributed by atoms with Crippen molar-refractivity contribution in [3.8, 4) is 0 Å². The fourth-order valence-corrected chi connectivity index (χ4v) is 2.61. The second kappa shape index (κ2) is 8.10. The molecule has 0 aliphatic heterocycles. The molecular weight excluding hydrogens is 208 g/mol. The van der Waals surface area contributed by atoms with Gasteiger partial charge in [0.05, 0.1) is 0 Å². The van der Waals surface area contributed by atoms with Gasteiger partial charge in [0.1, 0.15) is 0 Å². The Kier molecular flexibility index (Phi) is 7.14. The Morgan fingerprint density at radius 3 is 2.41 bits per heavy atom. The van der Waals surface area contributed by atoms with Crippen molar-refractivity contribution in [2.75, 3.05) is 19.6 Å². The van der Waals surface area contributed by atoms with Crippen LogP contribution in [0.3, 0.4) is 0 Å². The molecule has 2 nitrogen and oxygen atoms in total. The molecule has 0 bridgehead atoms. The molecule has 1 aliphatic rings. The van der Waals surface area contributed by atoms with Crippen LogP contribution in [-0.2, 0) is 0 Å². The van der Waals surface area contributed by atoms with Crippen LogP contribution in [0.2, 0.25) is 0 Å². The lowest BCUT2D eigenvalue weighted by Gasteiger charge is -2.25. The molecule has 0 aromatic carbocycles. The summed E-state index contributed by atoms with van der Waals surface area (Å²) in [6.45, 7) is 12.9. The highest BCUT2D eigenvalue weighted by atomic mass is 15.2. The summed E-state index contributed by atoms with van der Waals surface area (Å²) in [5, 5.41) is 3.57. The van der Waals surface area contributed by atoms with Crippen molar-refractivity contribution >= 4 is 0 Å². The molecule has 0 amide bonds. The van der Waals surface area contributed by atoms with E-state index in [0.717, 1.165) is 24.5 Å². The first-order valence-electron chi connectivity index (χ1n) is 7.64. The summed E-state index contributed by atoms with van der Waals surface area (Å²) in [6, 6.07) is 1.66. The molecule has 1 N–H and O–H groups in total. The molecule has 1 saturated carbocycles. The number of hydrogen-bond donors (Lipinski definition) is 1. The van der Waals surface area contributed by atoms with Crippen molar-refractivity contribution in [3.05, 3.63) is 0 Å². The van der Waals surface area contributed by atoms with Gasteiger partial charge >= 0.3 is 0 Å². The van der Waals surface area contributed by atoms with E-state index in [1.165, 1.54) is 45.2 Å². The van der Waals surface area contributed by atoms with E-state index in [9.17, 15) is 0 Å². The Bertz CT molecular complexity index is 187. The quantitative estimate of drug-likeness (QED) is 0.630. The van der Waals surface area contributed by atoms with Crippen molar-refractivity contribution in [2.24, 2.45) is 5.92 Å². The van der Waals surface area contributed by atoms with Gasteiger partial charge in [-0.05, 0) is 51.1 Å². The minimum atomic E-state index is 0.736. The average Bonchev–Trinajstić information content (AvgIpc) is 3.09. The third-order valence-corrected chi connectivity index (χ3v) is 3.65. The molecule has 0 heterocycles. The Balaban J connectivity index is 2.17. The zero-order chi connectivity index (χ0) is 12.7. The SMILES string of the molecule is CCNC(CC)CCCN(CC(C)C)C1CC1. The number of rotatable bonds is 10. The molecule has 0 radical (unpaired) electrons. The maximum Gasteiger partial charge on any atom is 0.00965 e. The zero-order valence-electron chi connectivity index (χ0n) is 12.3. The van der Waals surface area contributed by atoms with Gasteiger partial charge in [0.25, 0.3) is 0 Å². The smallest absolute Gasteiger partial charge is 0.00965 e. The van der Waals surface area contributed by atoms with Crippen LogP contribution in [0.15, 0.2) is 0 Å². The topological polar surface area (TPSA) is 15.3 Å². The summed E-state index contributed by atoms with van der Waals surface area (Å²) in [4.78, 5) is 2.73. The third kappa shape index (κ3) is 6.42. The van der Waals surface area contributed by atoms with E-state index in [1.54, 1.807) is 0 Å². The van der Waals surface area contributed by atoms with Crippen molar-refractivity contribution in [3.63, 3.8) is 0 Å². The predicted molar refractivity (Wildman–Crippen MR) is 76.4 cm³/mol. The van der Waals surface area contributed by atoms with Gasteiger partial charge in [0.15, 0.2) is 0 Å². The second-order valence-electron chi connectivity index (χ2n) is 5.93. The van der Waals surface area contributed by atoms with E-state index >= 15 is 0 Å². The number of nitrogens with zero attached hydrogens (tertiary/aromatic N) is 1. The van der Waals surface area contributed by atoms with Gasteiger partial charge in [-0.3, -0.25) is 0 Å². The minimum Gasteiger partial charge on any atom is -0.314 e. The van der Waals surface area contributed by atoms with Crippen LogP contribution in [0, 0.1) is 5.92 Å². The molecule has 0 spiro atoms. The molecule has 102 valence electrons. The van der Waals surface area contributed by atoms with Gasteiger partial charge in [-0.15, -0.1) is 0 Å². The normalized spacial score (nSPS) is 18.0. The second-order valence-corrected chi connectivity index (χ2v) is 5.93. The summed E-state index contributed by atoms with van der Waals surface area (Å²) >= 11 is 0. The first-order chi connectivity index (χ1) is 8.17. The highest BCUT2D eigenvalue weighted by Gasteiger charge is 2.28. The highest BCUT2D eigenvalue weighted by molar-refractivity contribution is 4.85. The van der Waals surface area contributed by atoms with E-state index in [-0.39, 0.29) is 0 Å². The van der Waals surface area contributed by atoms with Gasteiger partial charge in [-0.1, -0.05) is 27.7 Å². The van der Waals surface area contributed by atoms with Crippen molar-refractivity contribution in [1.29, 1.82) is 0 Å². The summed E-state index contributed by atoms with van der Waals surface area (Å²) in [7, 11) is 0. The van der Waals surface area contributed by atoms with E-state index in [2.05, 4.69) is 37.9 Å². The molecule has 0 saturated heterocycles.